The molecule has 134 valence electrons. The van der Waals surface area contributed by atoms with Crippen LogP contribution in [0.5, 0.6) is 0 Å². The van der Waals surface area contributed by atoms with Gasteiger partial charge in [-0.15, -0.1) is 0 Å². The van der Waals surface area contributed by atoms with Gasteiger partial charge in [0.2, 0.25) is 0 Å². The lowest BCUT2D eigenvalue weighted by Crippen LogP contribution is -2.44. The fourth-order valence-corrected chi connectivity index (χ4v) is 1.77. The number of carbonyl (C=O) groups excluding carboxylic acids is 3. The van der Waals surface area contributed by atoms with E-state index in [-0.39, 0.29) is 0 Å². The molecule has 0 amide bonds. The van der Waals surface area contributed by atoms with Crippen LogP contribution in [0.15, 0.2) is 0 Å². The summed E-state index contributed by atoms with van der Waals surface area (Å²) in [7, 11) is 0. The molecule has 0 aromatic rings. The van der Waals surface area contributed by atoms with Crippen molar-refractivity contribution in [3.63, 3.8) is 0 Å². The van der Waals surface area contributed by atoms with Gasteiger partial charge in [-0.05, 0) is 12.8 Å². The van der Waals surface area contributed by atoms with Crippen molar-refractivity contribution in [3.8, 4) is 0 Å². The zero-order chi connectivity index (χ0) is 18.6. The molecule has 0 aromatic carbocycles. The topological polar surface area (TPSA) is 136 Å². The summed E-state index contributed by atoms with van der Waals surface area (Å²) in [6.45, 7) is 7.41. The van der Waals surface area contributed by atoms with Crippen molar-refractivity contribution >= 4 is 24.1 Å². The molecule has 2 N–H and O–H groups in total. The molecule has 0 rings (SSSR count). The van der Waals surface area contributed by atoms with Gasteiger partial charge in [-0.2, -0.15) is 0 Å². The van der Waals surface area contributed by atoms with Crippen molar-refractivity contribution in [2.75, 3.05) is 0 Å². The fourth-order valence-electron chi connectivity index (χ4n) is 1.77. The number of ether oxygens (including phenoxy) is 3. The lowest BCUT2D eigenvalue weighted by atomic mass is 10.0. The molecule has 0 aromatic heterocycles. The maximum atomic E-state index is 11.2. The minimum absolute atomic E-state index is 0.454. The van der Waals surface area contributed by atoms with E-state index in [0.717, 1.165) is 0 Å². The number of esters is 3. The van der Waals surface area contributed by atoms with Crippen LogP contribution < -0.4 is 0 Å². The van der Waals surface area contributed by atoms with Crippen molar-refractivity contribution in [1.82, 2.24) is 0 Å². The molecule has 0 bridgehead atoms. The lowest BCUT2D eigenvalue weighted by molar-refractivity contribution is -0.183. The van der Waals surface area contributed by atoms with Crippen molar-refractivity contribution < 1.29 is 43.6 Å². The summed E-state index contributed by atoms with van der Waals surface area (Å²) in [5.41, 5.74) is 0. The van der Waals surface area contributed by atoms with E-state index in [9.17, 15) is 14.4 Å². The van der Waals surface area contributed by atoms with Crippen LogP contribution in [0.3, 0.4) is 0 Å². The van der Waals surface area contributed by atoms with Crippen molar-refractivity contribution in [2.45, 2.75) is 65.8 Å². The predicted molar refractivity (Wildman–Crippen MR) is 77.9 cm³/mol. The van der Waals surface area contributed by atoms with E-state index in [2.05, 4.69) is 0 Å². The average molecular weight is 336 g/mol. The van der Waals surface area contributed by atoms with Gasteiger partial charge in [0.25, 0.3) is 0 Å². The molecule has 0 radical (unpaired) electrons. The second-order valence-corrected chi connectivity index (χ2v) is 4.47. The van der Waals surface area contributed by atoms with E-state index in [0.29, 0.717) is 12.8 Å². The van der Waals surface area contributed by atoms with Gasteiger partial charge < -0.3 is 24.4 Å². The van der Waals surface area contributed by atoms with E-state index in [1.807, 2.05) is 0 Å². The molecule has 0 spiro atoms. The molecule has 9 nitrogen and oxygen atoms in total. The van der Waals surface area contributed by atoms with Gasteiger partial charge in [-0.25, -0.2) is 4.79 Å². The third-order valence-corrected chi connectivity index (χ3v) is 2.47. The molecular weight excluding hydrogens is 312 g/mol. The highest BCUT2D eigenvalue weighted by molar-refractivity contribution is 5.68. The average Bonchev–Trinajstić information content (AvgIpc) is 2.38. The Kier molecular flexibility index (Phi) is 12.2. The van der Waals surface area contributed by atoms with Crippen LogP contribution in [0.1, 0.15) is 47.5 Å². The van der Waals surface area contributed by atoms with E-state index in [1.165, 1.54) is 20.8 Å². The highest BCUT2D eigenvalue weighted by Crippen LogP contribution is 2.18. The fraction of sp³-hybridized carbons (Fsp3) is 0.714. The number of hydrogen-bond donors (Lipinski definition) is 2. The van der Waals surface area contributed by atoms with E-state index < -0.39 is 42.4 Å². The zero-order valence-corrected chi connectivity index (χ0v) is 13.9. The molecule has 0 heterocycles. The van der Waals surface area contributed by atoms with Gasteiger partial charge >= 0.3 is 24.1 Å². The summed E-state index contributed by atoms with van der Waals surface area (Å²) in [6, 6.07) is 0. The number of carboxylic acid groups (broad SMARTS) is 2. The van der Waals surface area contributed by atoms with Crippen molar-refractivity contribution in [1.29, 1.82) is 0 Å². The largest absolute Gasteiger partial charge is 0.503 e. The Morgan fingerprint density at radius 3 is 1.17 bits per heavy atom. The monoisotopic (exact) mass is 336 g/mol. The molecule has 9 heteroatoms. The SMILES string of the molecule is CCC(OC(C)=O)C(OC(C)=O)C(CC)OC(C)=O.O=C(O)O. The number of carbonyl (C=O) groups is 4. The maximum Gasteiger partial charge on any atom is 0.503 e. The van der Waals surface area contributed by atoms with E-state index in [4.69, 9.17) is 29.2 Å². The van der Waals surface area contributed by atoms with Crippen LogP contribution in [-0.4, -0.2) is 52.6 Å². The Morgan fingerprint density at radius 1 is 0.739 bits per heavy atom. The molecule has 0 fully saturated rings. The van der Waals surface area contributed by atoms with Crippen LogP contribution in [0.25, 0.3) is 0 Å². The third kappa shape index (κ3) is 13.1. The molecule has 0 aliphatic heterocycles. The normalized spacial score (nSPS) is 13.4. The summed E-state index contributed by atoms with van der Waals surface area (Å²) < 4.78 is 15.4. The molecule has 2 atom stereocenters. The maximum absolute atomic E-state index is 11.2. The first kappa shape index (κ1) is 23.0. The first-order chi connectivity index (χ1) is 10.5. The van der Waals surface area contributed by atoms with Gasteiger partial charge in [-0.3, -0.25) is 14.4 Å². The van der Waals surface area contributed by atoms with Gasteiger partial charge in [0, 0.05) is 20.8 Å². The van der Waals surface area contributed by atoms with Crippen LogP contribution >= 0.6 is 0 Å². The van der Waals surface area contributed by atoms with E-state index in [1.54, 1.807) is 13.8 Å². The second kappa shape index (κ2) is 12.2. The van der Waals surface area contributed by atoms with Gasteiger partial charge in [0.1, 0.15) is 12.2 Å². The Bertz CT molecular complexity index is 377. The molecular formula is C14H24O9. The Hall–Kier alpha value is -2.32. The number of rotatable bonds is 7. The van der Waals surface area contributed by atoms with Crippen LogP contribution in [0, 0.1) is 0 Å². The lowest BCUT2D eigenvalue weighted by Gasteiger charge is -2.30. The summed E-state index contributed by atoms with van der Waals surface area (Å²) in [5, 5.41) is 13.9. The Balaban J connectivity index is 0. The quantitative estimate of drug-likeness (QED) is 0.526. The zero-order valence-electron chi connectivity index (χ0n) is 13.9. The molecule has 0 saturated carbocycles. The summed E-state index contributed by atoms with van der Waals surface area (Å²) in [6.07, 6.45) is -2.98. The van der Waals surface area contributed by atoms with E-state index >= 15 is 0 Å². The first-order valence-electron chi connectivity index (χ1n) is 6.98. The highest BCUT2D eigenvalue weighted by Gasteiger charge is 2.34. The summed E-state index contributed by atoms with van der Waals surface area (Å²) >= 11 is 0. The molecule has 0 aliphatic carbocycles. The summed E-state index contributed by atoms with van der Waals surface area (Å²) in [5.74, 6) is -1.45. The third-order valence-electron chi connectivity index (χ3n) is 2.47. The highest BCUT2D eigenvalue weighted by atomic mass is 16.6. The Labute approximate surface area is 134 Å². The smallest absolute Gasteiger partial charge is 0.458 e. The van der Waals surface area contributed by atoms with Gasteiger partial charge in [-0.1, -0.05) is 13.8 Å². The summed E-state index contributed by atoms with van der Waals surface area (Å²) in [4.78, 5) is 41.9. The van der Waals surface area contributed by atoms with Crippen LogP contribution in [-0.2, 0) is 28.6 Å². The first-order valence-corrected chi connectivity index (χ1v) is 6.98. The molecule has 0 saturated heterocycles. The standard InChI is InChI=1S/C13H22O6.CH2O3/c1-6-11(17-8(3)14)13(19-10(5)16)12(7-2)18-9(4)15;2-1(3)4/h11-13H,6-7H2,1-5H3;(H2,2,3,4). The number of hydrogen-bond acceptors (Lipinski definition) is 7. The molecule has 2 unspecified atom stereocenters. The van der Waals surface area contributed by atoms with Gasteiger partial charge in [0.05, 0.1) is 0 Å². The van der Waals surface area contributed by atoms with Crippen molar-refractivity contribution in [3.05, 3.63) is 0 Å². The van der Waals surface area contributed by atoms with Gasteiger partial charge in [0.15, 0.2) is 6.10 Å². The van der Waals surface area contributed by atoms with Crippen LogP contribution in [0.4, 0.5) is 4.79 Å². The second-order valence-electron chi connectivity index (χ2n) is 4.47. The predicted octanol–water partition coefficient (Wildman–Crippen LogP) is 1.82. The van der Waals surface area contributed by atoms with Crippen LogP contribution in [0.2, 0.25) is 0 Å². The Morgan fingerprint density at radius 2 is 1.00 bits per heavy atom. The van der Waals surface area contributed by atoms with Crippen molar-refractivity contribution in [2.24, 2.45) is 0 Å². The molecule has 23 heavy (non-hydrogen) atoms. The minimum atomic E-state index is -1.83. The minimum Gasteiger partial charge on any atom is -0.458 e. The molecule has 0 aliphatic rings.